The zero-order chi connectivity index (χ0) is 13.2. The lowest BCUT2D eigenvalue weighted by molar-refractivity contribution is -0.183. The first-order chi connectivity index (χ1) is 7.75. The second-order valence-corrected chi connectivity index (χ2v) is 4.20. The molecule has 1 fully saturated rings. The van der Waals surface area contributed by atoms with E-state index in [9.17, 15) is 14.4 Å². The number of piperidine rings is 1. The summed E-state index contributed by atoms with van der Waals surface area (Å²) in [5.41, 5.74) is 0. The normalized spacial score (nSPS) is 21.1. The Balaban J connectivity index is 2.86. The molecule has 0 aromatic heterocycles. The average molecular weight is 245 g/mol. The fourth-order valence-corrected chi connectivity index (χ4v) is 1.76. The number of carboxylic acids is 1. The van der Waals surface area contributed by atoms with E-state index in [-0.39, 0.29) is 13.0 Å². The number of ketones is 1. The Bertz CT molecular complexity index is 345. The van der Waals surface area contributed by atoms with Crippen LogP contribution in [0, 0.1) is 0 Å². The van der Waals surface area contributed by atoms with Gasteiger partial charge in [0.25, 0.3) is 11.7 Å². The highest BCUT2D eigenvalue weighted by molar-refractivity contribution is 6.38. The van der Waals surface area contributed by atoms with Gasteiger partial charge in [0, 0.05) is 6.54 Å². The topological polar surface area (TPSA) is 115 Å². The second kappa shape index (κ2) is 4.80. The average Bonchev–Trinajstić information content (AvgIpc) is 2.25. The van der Waals surface area contributed by atoms with E-state index in [4.69, 9.17) is 15.3 Å². The van der Waals surface area contributed by atoms with Gasteiger partial charge < -0.3 is 20.2 Å². The van der Waals surface area contributed by atoms with Crippen molar-refractivity contribution in [2.45, 2.75) is 38.0 Å². The summed E-state index contributed by atoms with van der Waals surface area (Å²) in [6, 6.07) is -1.07. The molecule has 17 heavy (non-hydrogen) atoms. The Morgan fingerprint density at radius 3 is 2.29 bits per heavy atom. The summed E-state index contributed by atoms with van der Waals surface area (Å²) >= 11 is 0. The molecule has 1 saturated heterocycles. The third-order valence-electron chi connectivity index (χ3n) is 2.67. The molecule has 7 heteroatoms. The highest BCUT2D eigenvalue weighted by Crippen LogP contribution is 2.18. The minimum absolute atomic E-state index is 0.137. The molecule has 0 radical (unpaired) electrons. The fraction of sp³-hybridized carbons (Fsp3) is 0.700. The van der Waals surface area contributed by atoms with Crippen LogP contribution in [0.25, 0.3) is 0 Å². The molecule has 0 bridgehead atoms. The summed E-state index contributed by atoms with van der Waals surface area (Å²) in [6.07, 6.45) is 1.52. The lowest BCUT2D eigenvalue weighted by atomic mass is 10.0. The Hall–Kier alpha value is -1.47. The van der Waals surface area contributed by atoms with Gasteiger partial charge in [0.2, 0.25) is 5.79 Å². The van der Waals surface area contributed by atoms with Gasteiger partial charge in [-0.15, -0.1) is 0 Å². The van der Waals surface area contributed by atoms with Crippen molar-refractivity contribution < 1.29 is 29.7 Å². The van der Waals surface area contributed by atoms with Crippen molar-refractivity contribution in [3.05, 3.63) is 0 Å². The monoisotopic (exact) mass is 245 g/mol. The lowest BCUT2D eigenvalue weighted by Crippen LogP contribution is -2.54. The number of nitrogens with zero attached hydrogens (tertiary/aromatic N) is 1. The summed E-state index contributed by atoms with van der Waals surface area (Å²) in [5, 5.41) is 27.0. The third kappa shape index (κ3) is 3.01. The smallest absolute Gasteiger partial charge is 0.326 e. The van der Waals surface area contributed by atoms with Gasteiger partial charge in [-0.1, -0.05) is 0 Å². The number of aliphatic carboxylic acids is 1. The standard InChI is InChI=1S/C10H15NO6/c1-10(16,17)7(12)8(13)11-5-3-2-4-6(11)9(14)15/h6,16-17H,2-5H2,1H3,(H,14,15)/t6-/m0/s1. The zero-order valence-corrected chi connectivity index (χ0v) is 9.42. The molecule has 0 aromatic rings. The largest absolute Gasteiger partial charge is 0.480 e. The molecule has 0 aliphatic carbocycles. The molecule has 1 heterocycles. The number of Topliss-reactive ketones (excluding diaryl/α,β-unsaturated/α-hetero) is 1. The summed E-state index contributed by atoms with van der Waals surface area (Å²) in [7, 11) is 0. The number of aliphatic hydroxyl groups is 2. The number of likely N-dealkylation sites (tertiary alicyclic amines) is 1. The van der Waals surface area contributed by atoms with E-state index in [0.29, 0.717) is 12.8 Å². The van der Waals surface area contributed by atoms with Crippen molar-refractivity contribution in [2.75, 3.05) is 6.54 Å². The Labute approximate surface area is 97.6 Å². The van der Waals surface area contributed by atoms with E-state index < -0.39 is 29.5 Å². The van der Waals surface area contributed by atoms with Gasteiger partial charge in [0.05, 0.1) is 0 Å². The highest BCUT2D eigenvalue weighted by Gasteiger charge is 2.41. The summed E-state index contributed by atoms with van der Waals surface area (Å²) in [6.45, 7) is 0.907. The van der Waals surface area contributed by atoms with Crippen molar-refractivity contribution in [3.8, 4) is 0 Å². The van der Waals surface area contributed by atoms with Crippen molar-refractivity contribution in [3.63, 3.8) is 0 Å². The molecule has 1 amide bonds. The molecule has 1 aliphatic rings. The quantitative estimate of drug-likeness (QED) is 0.421. The maximum absolute atomic E-state index is 11.7. The molecule has 1 aliphatic heterocycles. The van der Waals surface area contributed by atoms with Crippen LogP contribution in [0.3, 0.4) is 0 Å². The van der Waals surface area contributed by atoms with Crippen LogP contribution in [0.15, 0.2) is 0 Å². The van der Waals surface area contributed by atoms with Crippen LogP contribution >= 0.6 is 0 Å². The number of rotatable bonds is 3. The first-order valence-electron chi connectivity index (χ1n) is 5.28. The fourth-order valence-electron chi connectivity index (χ4n) is 1.76. The van der Waals surface area contributed by atoms with E-state index in [2.05, 4.69) is 0 Å². The van der Waals surface area contributed by atoms with E-state index in [1.54, 1.807) is 0 Å². The van der Waals surface area contributed by atoms with Crippen LogP contribution in [-0.4, -0.2) is 56.3 Å². The molecule has 0 aromatic carbocycles. The first-order valence-corrected chi connectivity index (χ1v) is 5.28. The minimum atomic E-state index is -2.77. The molecular formula is C10H15NO6. The molecule has 96 valence electrons. The molecule has 3 N–H and O–H groups in total. The maximum atomic E-state index is 11.7. The predicted octanol–water partition coefficient (Wildman–Crippen LogP) is -1.28. The predicted molar refractivity (Wildman–Crippen MR) is 54.8 cm³/mol. The van der Waals surface area contributed by atoms with Gasteiger partial charge in [0.15, 0.2) is 0 Å². The summed E-state index contributed by atoms with van der Waals surface area (Å²) < 4.78 is 0. The lowest BCUT2D eigenvalue weighted by Gasteiger charge is -2.33. The van der Waals surface area contributed by atoms with E-state index >= 15 is 0 Å². The number of carboxylic acid groups (broad SMARTS) is 1. The van der Waals surface area contributed by atoms with Gasteiger partial charge in [-0.25, -0.2) is 4.79 Å². The van der Waals surface area contributed by atoms with Crippen molar-refractivity contribution in [1.82, 2.24) is 4.90 Å². The van der Waals surface area contributed by atoms with Crippen LogP contribution in [0.2, 0.25) is 0 Å². The Morgan fingerprint density at radius 1 is 1.24 bits per heavy atom. The van der Waals surface area contributed by atoms with Gasteiger partial charge in [-0.2, -0.15) is 0 Å². The highest BCUT2D eigenvalue weighted by atomic mass is 16.5. The maximum Gasteiger partial charge on any atom is 0.326 e. The van der Waals surface area contributed by atoms with E-state index in [0.717, 1.165) is 11.8 Å². The van der Waals surface area contributed by atoms with Gasteiger partial charge in [0.1, 0.15) is 6.04 Å². The van der Waals surface area contributed by atoms with Crippen LogP contribution in [-0.2, 0) is 14.4 Å². The van der Waals surface area contributed by atoms with Crippen LogP contribution in [0.4, 0.5) is 0 Å². The zero-order valence-electron chi connectivity index (χ0n) is 9.42. The van der Waals surface area contributed by atoms with Crippen molar-refractivity contribution >= 4 is 17.7 Å². The molecule has 1 atom stereocenters. The van der Waals surface area contributed by atoms with Crippen LogP contribution in [0.5, 0.6) is 0 Å². The third-order valence-corrected chi connectivity index (χ3v) is 2.67. The van der Waals surface area contributed by atoms with Gasteiger partial charge in [-0.05, 0) is 26.2 Å². The molecule has 7 nitrogen and oxygen atoms in total. The number of carbonyl (C=O) groups is 3. The summed E-state index contributed by atoms with van der Waals surface area (Å²) in [4.78, 5) is 34.8. The molecular weight excluding hydrogens is 230 g/mol. The number of hydrogen-bond acceptors (Lipinski definition) is 5. The van der Waals surface area contributed by atoms with E-state index in [1.807, 2.05) is 0 Å². The van der Waals surface area contributed by atoms with Crippen LogP contribution in [0.1, 0.15) is 26.2 Å². The Morgan fingerprint density at radius 2 is 1.82 bits per heavy atom. The first kappa shape index (κ1) is 13.6. The Kier molecular flexibility index (Phi) is 3.84. The molecule has 1 rings (SSSR count). The number of carbonyl (C=O) groups excluding carboxylic acids is 2. The summed E-state index contributed by atoms with van der Waals surface area (Å²) in [5.74, 6) is -6.53. The van der Waals surface area contributed by atoms with Gasteiger partial charge in [-0.3, -0.25) is 9.59 Å². The number of amides is 1. The molecule has 0 spiro atoms. The second-order valence-electron chi connectivity index (χ2n) is 4.20. The minimum Gasteiger partial charge on any atom is -0.480 e. The molecule has 0 saturated carbocycles. The van der Waals surface area contributed by atoms with Gasteiger partial charge >= 0.3 is 5.97 Å². The van der Waals surface area contributed by atoms with Crippen molar-refractivity contribution in [2.24, 2.45) is 0 Å². The van der Waals surface area contributed by atoms with Crippen LogP contribution < -0.4 is 0 Å². The van der Waals surface area contributed by atoms with E-state index in [1.165, 1.54) is 0 Å². The SMILES string of the molecule is CC(O)(O)C(=O)C(=O)N1CCCC[C@H]1C(=O)O. The van der Waals surface area contributed by atoms with Crippen molar-refractivity contribution in [1.29, 1.82) is 0 Å². The molecule has 0 unspecified atom stereocenters. The number of hydrogen-bond donors (Lipinski definition) is 3.